The van der Waals surface area contributed by atoms with E-state index in [1.165, 1.54) is 7.11 Å². The second-order valence-corrected chi connectivity index (χ2v) is 5.74. The highest BCUT2D eigenvalue weighted by Gasteiger charge is 2.39. The van der Waals surface area contributed by atoms with E-state index < -0.39 is 11.6 Å². The fraction of sp³-hybridized carbons (Fsp3) is 0.529. The maximum Gasteiger partial charge on any atom is 0.343 e. The summed E-state index contributed by atoms with van der Waals surface area (Å²) in [4.78, 5) is 23.8. The minimum atomic E-state index is -0.794. The number of anilines is 1. The van der Waals surface area contributed by atoms with Crippen molar-refractivity contribution >= 4 is 17.6 Å². The van der Waals surface area contributed by atoms with Crippen LogP contribution in [0.25, 0.3) is 0 Å². The van der Waals surface area contributed by atoms with Gasteiger partial charge in [0.2, 0.25) is 0 Å². The zero-order valence-electron chi connectivity index (χ0n) is 14.3. The first kappa shape index (κ1) is 18.2. The molecule has 2 N–H and O–H groups in total. The summed E-state index contributed by atoms with van der Waals surface area (Å²) < 4.78 is 15.4. The molecule has 0 radical (unpaired) electrons. The number of hydrogen-bond acceptors (Lipinski definition) is 6. The lowest BCUT2D eigenvalue weighted by molar-refractivity contribution is -0.143. The monoisotopic (exact) mass is 336 g/mol. The lowest BCUT2D eigenvalue weighted by Gasteiger charge is -2.34. The van der Waals surface area contributed by atoms with Crippen molar-refractivity contribution in [2.24, 2.45) is 0 Å². The number of hydrogen-bond donors (Lipinski definition) is 2. The van der Waals surface area contributed by atoms with Crippen molar-refractivity contribution in [3.05, 3.63) is 23.8 Å². The first-order valence-electron chi connectivity index (χ1n) is 7.88. The van der Waals surface area contributed by atoms with Crippen molar-refractivity contribution in [1.29, 1.82) is 0 Å². The average Bonchev–Trinajstić information content (AvgIpc) is 2.62. The van der Waals surface area contributed by atoms with Crippen molar-refractivity contribution in [2.75, 3.05) is 39.2 Å². The van der Waals surface area contributed by atoms with Gasteiger partial charge in [0.05, 0.1) is 7.11 Å². The molecule has 0 saturated carbocycles. The van der Waals surface area contributed by atoms with Crippen LogP contribution in [0.2, 0.25) is 0 Å². The number of benzene rings is 1. The second kappa shape index (κ2) is 8.12. The van der Waals surface area contributed by atoms with Crippen LogP contribution in [0, 0.1) is 6.92 Å². The quantitative estimate of drug-likeness (QED) is 0.761. The predicted molar refractivity (Wildman–Crippen MR) is 89.2 cm³/mol. The molecule has 1 saturated heterocycles. The summed E-state index contributed by atoms with van der Waals surface area (Å²) in [6, 6.07) is 5.22. The number of aryl methyl sites for hydroxylation is 1. The lowest BCUT2D eigenvalue weighted by atomic mass is 9.91. The Morgan fingerprint density at radius 2 is 1.96 bits per heavy atom. The van der Waals surface area contributed by atoms with E-state index in [1.807, 2.05) is 6.92 Å². The van der Waals surface area contributed by atoms with E-state index in [0.29, 0.717) is 24.3 Å². The van der Waals surface area contributed by atoms with E-state index in [0.717, 1.165) is 18.7 Å². The molecule has 2 rings (SSSR count). The molecule has 1 aromatic rings. The number of rotatable bonds is 6. The fourth-order valence-corrected chi connectivity index (χ4v) is 2.66. The number of piperidine rings is 1. The highest BCUT2D eigenvalue weighted by Crippen LogP contribution is 2.27. The van der Waals surface area contributed by atoms with Gasteiger partial charge in [0.25, 0.3) is 5.91 Å². The molecule has 0 spiro atoms. The van der Waals surface area contributed by atoms with Crippen LogP contribution < -0.4 is 15.4 Å². The molecule has 0 aromatic heterocycles. The summed E-state index contributed by atoms with van der Waals surface area (Å²) in [5.41, 5.74) is 0.740. The van der Waals surface area contributed by atoms with Gasteiger partial charge >= 0.3 is 5.97 Å². The SMILES string of the molecule is COC(=O)COc1ccc(NC(=O)C2(OC)CCNCC2)c(C)c1. The Labute approximate surface area is 141 Å². The summed E-state index contributed by atoms with van der Waals surface area (Å²) in [7, 11) is 2.88. The minimum absolute atomic E-state index is 0.141. The van der Waals surface area contributed by atoms with E-state index in [-0.39, 0.29) is 12.5 Å². The molecule has 0 atom stereocenters. The van der Waals surface area contributed by atoms with Crippen molar-refractivity contribution < 1.29 is 23.8 Å². The van der Waals surface area contributed by atoms with Gasteiger partial charge in [-0.1, -0.05) is 0 Å². The van der Waals surface area contributed by atoms with Crippen molar-refractivity contribution in [2.45, 2.75) is 25.4 Å². The van der Waals surface area contributed by atoms with Crippen LogP contribution in [0.3, 0.4) is 0 Å². The highest BCUT2D eigenvalue weighted by atomic mass is 16.6. The molecule has 24 heavy (non-hydrogen) atoms. The number of nitrogens with one attached hydrogen (secondary N) is 2. The van der Waals surface area contributed by atoms with Gasteiger partial charge in [0.1, 0.15) is 11.4 Å². The molecule has 1 amide bonds. The highest BCUT2D eigenvalue weighted by molar-refractivity contribution is 5.98. The first-order valence-corrected chi connectivity index (χ1v) is 7.88. The largest absolute Gasteiger partial charge is 0.482 e. The molecule has 0 unspecified atom stereocenters. The lowest BCUT2D eigenvalue weighted by Crippen LogP contribution is -2.51. The molecule has 132 valence electrons. The number of methoxy groups -OCH3 is 2. The third-order valence-corrected chi connectivity index (χ3v) is 4.25. The maximum absolute atomic E-state index is 12.7. The Kier molecular flexibility index (Phi) is 6.16. The third-order valence-electron chi connectivity index (χ3n) is 4.25. The van der Waals surface area contributed by atoms with Gasteiger partial charge in [-0.2, -0.15) is 0 Å². The fourth-order valence-electron chi connectivity index (χ4n) is 2.66. The predicted octanol–water partition coefficient (Wildman–Crippen LogP) is 1.25. The summed E-state index contributed by atoms with van der Waals surface area (Å²) in [5.74, 6) is -0.0463. The van der Waals surface area contributed by atoms with Crippen LogP contribution in [-0.2, 0) is 19.1 Å². The molecular weight excluding hydrogens is 312 g/mol. The Bertz CT molecular complexity index is 597. The summed E-state index contributed by atoms with van der Waals surface area (Å²) in [6.45, 7) is 3.21. The number of carbonyl (C=O) groups is 2. The van der Waals surface area contributed by atoms with Crippen LogP contribution in [-0.4, -0.2) is 51.4 Å². The summed E-state index contributed by atoms with van der Waals surface area (Å²) in [6.07, 6.45) is 1.27. The molecule has 1 aliphatic rings. The molecule has 1 aromatic carbocycles. The Morgan fingerprint density at radius 1 is 1.25 bits per heavy atom. The first-order chi connectivity index (χ1) is 11.5. The molecule has 7 heteroatoms. The number of carbonyl (C=O) groups excluding carboxylic acids is 2. The Balaban J connectivity index is 2.04. The van der Waals surface area contributed by atoms with Gasteiger partial charge in [-0.05, 0) is 56.6 Å². The zero-order valence-corrected chi connectivity index (χ0v) is 14.3. The van der Waals surface area contributed by atoms with Crippen LogP contribution in [0.15, 0.2) is 18.2 Å². The van der Waals surface area contributed by atoms with E-state index in [4.69, 9.17) is 9.47 Å². The third kappa shape index (κ3) is 4.24. The topological polar surface area (TPSA) is 85.9 Å². The van der Waals surface area contributed by atoms with Gasteiger partial charge in [0, 0.05) is 12.8 Å². The van der Waals surface area contributed by atoms with E-state index in [9.17, 15) is 9.59 Å². The van der Waals surface area contributed by atoms with Gasteiger partial charge in [-0.25, -0.2) is 4.79 Å². The van der Waals surface area contributed by atoms with E-state index in [1.54, 1.807) is 25.3 Å². The van der Waals surface area contributed by atoms with Crippen molar-refractivity contribution in [1.82, 2.24) is 5.32 Å². The van der Waals surface area contributed by atoms with E-state index in [2.05, 4.69) is 15.4 Å². The van der Waals surface area contributed by atoms with Gasteiger partial charge in [-0.3, -0.25) is 4.79 Å². The number of esters is 1. The van der Waals surface area contributed by atoms with Crippen molar-refractivity contribution in [3.8, 4) is 5.75 Å². The second-order valence-electron chi connectivity index (χ2n) is 5.74. The van der Waals surface area contributed by atoms with Gasteiger partial charge in [0.15, 0.2) is 6.61 Å². The molecular formula is C17H24N2O5. The maximum atomic E-state index is 12.7. The molecule has 0 aliphatic carbocycles. The average molecular weight is 336 g/mol. The molecule has 1 fully saturated rings. The van der Waals surface area contributed by atoms with Gasteiger partial charge in [-0.15, -0.1) is 0 Å². The molecule has 0 bridgehead atoms. The standard InChI is InChI=1S/C17H24N2O5/c1-12-10-13(24-11-15(20)22-2)4-5-14(12)19-16(21)17(23-3)6-8-18-9-7-17/h4-5,10,18H,6-9,11H2,1-3H3,(H,19,21). The molecule has 1 aliphatic heterocycles. The molecule has 7 nitrogen and oxygen atoms in total. The summed E-state index contributed by atoms with van der Waals surface area (Å²) >= 11 is 0. The minimum Gasteiger partial charge on any atom is -0.482 e. The number of ether oxygens (including phenoxy) is 3. The normalized spacial score (nSPS) is 16.3. The van der Waals surface area contributed by atoms with Crippen molar-refractivity contribution in [3.63, 3.8) is 0 Å². The zero-order chi connectivity index (χ0) is 17.6. The van der Waals surface area contributed by atoms with Crippen LogP contribution in [0.5, 0.6) is 5.75 Å². The Hall–Kier alpha value is -2.12. The van der Waals surface area contributed by atoms with Crippen LogP contribution in [0.4, 0.5) is 5.69 Å². The number of amides is 1. The smallest absolute Gasteiger partial charge is 0.343 e. The summed E-state index contributed by atoms with van der Waals surface area (Å²) in [5, 5.41) is 6.16. The van der Waals surface area contributed by atoms with Gasteiger partial charge < -0.3 is 24.8 Å². The Morgan fingerprint density at radius 3 is 2.54 bits per heavy atom. The molecule has 1 heterocycles. The van der Waals surface area contributed by atoms with Crippen LogP contribution in [0.1, 0.15) is 18.4 Å². The van der Waals surface area contributed by atoms with E-state index >= 15 is 0 Å². The van der Waals surface area contributed by atoms with Crippen LogP contribution >= 0.6 is 0 Å².